The van der Waals surface area contributed by atoms with Crippen LogP contribution in [0.3, 0.4) is 0 Å². The van der Waals surface area contributed by atoms with Crippen LogP contribution in [0.25, 0.3) is 0 Å². The highest BCUT2D eigenvalue weighted by Gasteiger charge is 2.24. The number of benzene rings is 1. The van der Waals surface area contributed by atoms with Crippen molar-refractivity contribution in [1.29, 1.82) is 0 Å². The Bertz CT molecular complexity index is 654. The molecule has 1 aliphatic rings. The molecule has 0 atom stereocenters. The van der Waals surface area contributed by atoms with Gasteiger partial charge < -0.3 is 19.9 Å². The summed E-state index contributed by atoms with van der Waals surface area (Å²) in [7, 11) is 0. The molecule has 7 heteroatoms. The van der Waals surface area contributed by atoms with Crippen molar-refractivity contribution < 1.29 is 19.1 Å². The predicted octanol–water partition coefficient (Wildman–Crippen LogP) is 1.73. The van der Waals surface area contributed by atoms with E-state index in [0.717, 1.165) is 12.8 Å². The highest BCUT2D eigenvalue weighted by atomic mass is 16.6. The summed E-state index contributed by atoms with van der Waals surface area (Å²) in [5.74, 6) is -0.229. The van der Waals surface area contributed by atoms with Crippen LogP contribution >= 0.6 is 0 Å². The molecule has 1 aromatic rings. The summed E-state index contributed by atoms with van der Waals surface area (Å²) in [6.07, 6.45) is 1.66. The Morgan fingerprint density at radius 2 is 1.74 bits per heavy atom. The standard InChI is InChI=1S/C20H29N3O4/c1-3-27-20(26)23-13-11-22(12-14-23)19(25)15-21-18(24)10-6-9-17-8-5-4-7-16(17)2/h4-5,7-8H,3,6,9-15H2,1-2H3,(H,21,24). The lowest BCUT2D eigenvalue weighted by molar-refractivity contribution is -0.134. The molecule has 1 fully saturated rings. The zero-order chi connectivity index (χ0) is 19.6. The largest absolute Gasteiger partial charge is 0.450 e. The van der Waals surface area contributed by atoms with Crippen molar-refractivity contribution in [2.45, 2.75) is 33.1 Å². The van der Waals surface area contributed by atoms with Crippen molar-refractivity contribution in [2.75, 3.05) is 39.3 Å². The summed E-state index contributed by atoms with van der Waals surface area (Å²) in [6.45, 7) is 6.00. The van der Waals surface area contributed by atoms with Gasteiger partial charge in [-0.15, -0.1) is 0 Å². The molecule has 3 amide bonds. The van der Waals surface area contributed by atoms with Crippen LogP contribution in [-0.4, -0.2) is 67.0 Å². The minimum absolute atomic E-state index is 0.00258. The SMILES string of the molecule is CCOC(=O)N1CCN(C(=O)CNC(=O)CCCc2ccccc2C)CC1. The van der Waals surface area contributed by atoms with E-state index in [4.69, 9.17) is 4.74 Å². The van der Waals surface area contributed by atoms with Crippen LogP contribution in [0.4, 0.5) is 4.79 Å². The van der Waals surface area contributed by atoms with Crippen LogP contribution in [0.1, 0.15) is 30.9 Å². The van der Waals surface area contributed by atoms with E-state index in [0.29, 0.717) is 39.2 Å². The van der Waals surface area contributed by atoms with E-state index in [-0.39, 0.29) is 24.5 Å². The van der Waals surface area contributed by atoms with Crippen molar-refractivity contribution in [3.8, 4) is 0 Å². The fraction of sp³-hybridized carbons (Fsp3) is 0.550. The van der Waals surface area contributed by atoms with E-state index in [2.05, 4.69) is 24.4 Å². The molecule has 148 valence electrons. The van der Waals surface area contributed by atoms with Gasteiger partial charge >= 0.3 is 6.09 Å². The Balaban J connectivity index is 1.63. The molecular formula is C20H29N3O4. The number of ether oxygens (including phenoxy) is 1. The van der Waals surface area contributed by atoms with E-state index in [1.165, 1.54) is 11.1 Å². The summed E-state index contributed by atoms with van der Waals surface area (Å²) in [5.41, 5.74) is 2.48. The number of carbonyl (C=O) groups is 3. The van der Waals surface area contributed by atoms with E-state index in [1.807, 2.05) is 12.1 Å². The smallest absolute Gasteiger partial charge is 0.409 e. The molecular weight excluding hydrogens is 346 g/mol. The van der Waals surface area contributed by atoms with Crippen LogP contribution < -0.4 is 5.32 Å². The van der Waals surface area contributed by atoms with Crippen LogP contribution in [-0.2, 0) is 20.7 Å². The van der Waals surface area contributed by atoms with Crippen molar-refractivity contribution >= 4 is 17.9 Å². The molecule has 0 unspecified atom stereocenters. The Labute approximate surface area is 160 Å². The monoisotopic (exact) mass is 375 g/mol. The number of amides is 3. The lowest BCUT2D eigenvalue weighted by Crippen LogP contribution is -2.52. The molecule has 0 aromatic heterocycles. The number of rotatable bonds is 7. The molecule has 0 radical (unpaired) electrons. The summed E-state index contributed by atoms with van der Waals surface area (Å²) in [4.78, 5) is 39.1. The first-order chi connectivity index (χ1) is 13.0. The number of nitrogens with zero attached hydrogens (tertiary/aromatic N) is 2. The van der Waals surface area contributed by atoms with Gasteiger partial charge in [0.15, 0.2) is 0 Å². The van der Waals surface area contributed by atoms with Gasteiger partial charge in [-0.3, -0.25) is 9.59 Å². The van der Waals surface area contributed by atoms with Gasteiger partial charge in [0.1, 0.15) is 0 Å². The van der Waals surface area contributed by atoms with Gasteiger partial charge in [-0.05, 0) is 37.8 Å². The third-order valence-electron chi connectivity index (χ3n) is 4.71. The predicted molar refractivity (Wildman–Crippen MR) is 102 cm³/mol. The molecule has 2 rings (SSSR count). The number of hydrogen-bond donors (Lipinski definition) is 1. The van der Waals surface area contributed by atoms with Crippen LogP contribution in [0.2, 0.25) is 0 Å². The van der Waals surface area contributed by atoms with Crippen LogP contribution in [0.5, 0.6) is 0 Å². The highest BCUT2D eigenvalue weighted by molar-refractivity contribution is 5.84. The fourth-order valence-corrected chi connectivity index (χ4v) is 3.06. The molecule has 1 heterocycles. The lowest BCUT2D eigenvalue weighted by Gasteiger charge is -2.34. The highest BCUT2D eigenvalue weighted by Crippen LogP contribution is 2.10. The maximum Gasteiger partial charge on any atom is 0.409 e. The van der Waals surface area contributed by atoms with Crippen molar-refractivity contribution in [2.24, 2.45) is 0 Å². The second-order valence-corrected chi connectivity index (χ2v) is 6.62. The van der Waals surface area contributed by atoms with E-state index < -0.39 is 0 Å². The molecule has 7 nitrogen and oxygen atoms in total. The first-order valence-corrected chi connectivity index (χ1v) is 9.52. The molecule has 1 N–H and O–H groups in total. The summed E-state index contributed by atoms with van der Waals surface area (Å²) in [5, 5.41) is 2.70. The van der Waals surface area contributed by atoms with Gasteiger partial charge in [-0.2, -0.15) is 0 Å². The normalized spacial score (nSPS) is 14.0. The van der Waals surface area contributed by atoms with Crippen molar-refractivity contribution in [3.63, 3.8) is 0 Å². The third kappa shape index (κ3) is 6.58. The Morgan fingerprint density at radius 3 is 2.41 bits per heavy atom. The Hall–Kier alpha value is -2.57. The molecule has 0 saturated carbocycles. The quantitative estimate of drug-likeness (QED) is 0.787. The summed E-state index contributed by atoms with van der Waals surface area (Å²) in [6, 6.07) is 8.15. The fourth-order valence-electron chi connectivity index (χ4n) is 3.06. The molecule has 1 saturated heterocycles. The first-order valence-electron chi connectivity index (χ1n) is 9.52. The third-order valence-corrected chi connectivity index (χ3v) is 4.71. The number of hydrogen-bond acceptors (Lipinski definition) is 4. The van der Waals surface area contributed by atoms with E-state index >= 15 is 0 Å². The number of aryl methyl sites for hydroxylation is 2. The van der Waals surface area contributed by atoms with Crippen molar-refractivity contribution in [3.05, 3.63) is 35.4 Å². The van der Waals surface area contributed by atoms with Gasteiger partial charge in [0.05, 0.1) is 13.2 Å². The summed E-state index contributed by atoms with van der Waals surface area (Å²) >= 11 is 0. The van der Waals surface area contributed by atoms with Crippen molar-refractivity contribution in [1.82, 2.24) is 15.1 Å². The average molecular weight is 375 g/mol. The van der Waals surface area contributed by atoms with Gasteiger partial charge in [0.2, 0.25) is 11.8 Å². The maximum absolute atomic E-state index is 12.2. The van der Waals surface area contributed by atoms with Crippen LogP contribution in [0, 0.1) is 6.92 Å². The molecule has 1 aromatic carbocycles. The van der Waals surface area contributed by atoms with Gasteiger partial charge in [0, 0.05) is 32.6 Å². The zero-order valence-electron chi connectivity index (χ0n) is 16.2. The van der Waals surface area contributed by atoms with Gasteiger partial charge in [0.25, 0.3) is 0 Å². The Morgan fingerprint density at radius 1 is 1.07 bits per heavy atom. The molecule has 0 spiro atoms. The average Bonchev–Trinajstić information content (AvgIpc) is 2.68. The van der Waals surface area contributed by atoms with Gasteiger partial charge in [-0.1, -0.05) is 24.3 Å². The molecule has 1 aliphatic heterocycles. The Kier molecular flexibility index (Phi) is 8.10. The van der Waals surface area contributed by atoms with Gasteiger partial charge in [-0.25, -0.2) is 4.79 Å². The maximum atomic E-state index is 12.2. The summed E-state index contributed by atoms with van der Waals surface area (Å²) < 4.78 is 4.96. The molecule has 0 bridgehead atoms. The molecule has 0 aliphatic carbocycles. The minimum atomic E-state index is -0.341. The number of piperazine rings is 1. The first kappa shape index (κ1) is 20.7. The topological polar surface area (TPSA) is 79.0 Å². The lowest BCUT2D eigenvalue weighted by atomic mass is 10.0. The minimum Gasteiger partial charge on any atom is -0.450 e. The zero-order valence-corrected chi connectivity index (χ0v) is 16.2. The number of nitrogens with one attached hydrogen (secondary N) is 1. The molecule has 27 heavy (non-hydrogen) atoms. The second-order valence-electron chi connectivity index (χ2n) is 6.62. The number of carbonyl (C=O) groups excluding carboxylic acids is 3. The second kappa shape index (κ2) is 10.5. The van der Waals surface area contributed by atoms with Crippen LogP contribution in [0.15, 0.2) is 24.3 Å². The van der Waals surface area contributed by atoms with E-state index in [1.54, 1.807) is 16.7 Å². The van der Waals surface area contributed by atoms with E-state index in [9.17, 15) is 14.4 Å².